The number of nitrogens with zero attached hydrogens (tertiary/aromatic N) is 1. The van der Waals surface area contributed by atoms with Crippen molar-refractivity contribution in [3.8, 4) is 5.75 Å². The standard InChI is InChI=1S/C10H12FNO/c11-9-4-3-5-10(8-9)13-12-6-1-2-7-12/h3-5,8H,1-2,6-7H2. The molecule has 1 heterocycles. The van der Waals surface area contributed by atoms with Crippen molar-refractivity contribution in [2.24, 2.45) is 0 Å². The molecular formula is C10H12FNO. The van der Waals surface area contributed by atoms with Crippen LogP contribution in [0.4, 0.5) is 4.39 Å². The molecule has 2 rings (SSSR count). The van der Waals surface area contributed by atoms with Crippen LogP contribution < -0.4 is 4.84 Å². The molecule has 0 aliphatic carbocycles. The van der Waals surface area contributed by atoms with Crippen molar-refractivity contribution < 1.29 is 9.23 Å². The molecule has 0 radical (unpaired) electrons. The third-order valence-electron chi connectivity index (χ3n) is 2.10. The molecule has 1 aliphatic heterocycles. The zero-order valence-electron chi connectivity index (χ0n) is 7.37. The zero-order chi connectivity index (χ0) is 9.10. The van der Waals surface area contributed by atoms with Crippen molar-refractivity contribution in [2.75, 3.05) is 13.1 Å². The van der Waals surface area contributed by atoms with Gasteiger partial charge >= 0.3 is 0 Å². The summed E-state index contributed by atoms with van der Waals surface area (Å²) >= 11 is 0. The van der Waals surface area contributed by atoms with Gasteiger partial charge in [-0.05, 0) is 25.0 Å². The Morgan fingerprint density at radius 2 is 2.00 bits per heavy atom. The number of hydrogen-bond acceptors (Lipinski definition) is 2. The minimum absolute atomic E-state index is 0.253. The van der Waals surface area contributed by atoms with Crippen LogP contribution in [0.25, 0.3) is 0 Å². The normalized spacial score (nSPS) is 17.6. The van der Waals surface area contributed by atoms with Gasteiger partial charge in [0.1, 0.15) is 11.6 Å². The van der Waals surface area contributed by atoms with Crippen molar-refractivity contribution >= 4 is 0 Å². The highest BCUT2D eigenvalue weighted by Crippen LogP contribution is 2.16. The molecule has 0 unspecified atom stereocenters. The van der Waals surface area contributed by atoms with Gasteiger partial charge in [-0.1, -0.05) is 6.07 Å². The van der Waals surface area contributed by atoms with E-state index in [1.54, 1.807) is 12.1 Å². The van der Waals surface area contributed by atoms with Crippen LogP contribution in [0.1, 0.15) is 12.8 Å². The molecule has 2 nitrogen and oxygen atoms in total. The molecule has 0 N–H and O–H groups in total. The molecule has 0 aromatic heterocycles. The molecule has 0 atom stereocenters. The number of benzene rings is 1. The van der Waals surface area contributed by atoms with Crippen LogP contribution in [-0.4, -0.2) is 18.2 Å². The van der Waals surface area contributed by atoms with Gasteiger partial charge in [0.25, 0.3) is 0 Å². The lowest BCUT2D eigenvalue weighted by Gasteiger charge is -2.15. The van der Waals surface area contributed by atoms with Crippen molar-refractivity contribution in [2.45, 2.75) is 12.8 Å². The van der Waals surface area contributed by atoms with E-state index in [2.05, 4.69) is 0 Å². The lowest BCUT2D eigenvalue weighted by atomic mass is 10.3. The molecule has 13 heavy (non-hydrogen) atoms. The maximum absolute atomic E-state index is 12.7. The van der Waals surface area contributed by atoms with Gasteiger partial charge in [-0.2, -0.15) is 0 Å². The Hall–Kier alpha value is -1.09. The average molecular weight is 181 g/mol. The van der Waals surface area contributed by atoms with Gasteiger partial charge in [0.2, 0.25) is 0 Å². The molecule has 0 saturated carbocycles. The van der Waals surface area contributed by atoms with Crippen molar-refractivity contribution in [1.29, 1.82) is 0 Å². The molecule has 1 aromatic rings. The van der Waals surface area contributed by atoms with Crippen molar-refractivity contribution in [3.63, 3.8) is 0 Å². The van der Waals surface area contributed by atoms with E-state index in [0.717, 1.165) is 25.9 Å². The van der Waals surface area contributed by atoms with E-state index < -0.39 is 0 Å². The lowest BCUT2D eigenvalue weighted by molar-refractivity contribution is -0.0349. The van der Waals surface area contributed by atoms with Crippen LogP contribution in [0.5, 0.6) is 5.75 Å². The van der Waals surface area contributed by atoms with Crippen LogP contribution in [-0.2, 0) is 0 Å². The van der Waals surface area contributed by atoms with Gasteiger partial charge in [-0.25, -0.2) is 4.39 Å². The lowest BCUT2D eigenvalue weighted by Crippen LogP contribution is -2.23. The highest BCUT2D eigenvalue weighted by Gasteiger charge is 2.12. The smallest absolute Gasteiger partial charge is 0.150 e. The molecule has 0 spiro atoms. The molecular weight excluding hydrogens is 169 g/mol. The minimum atomic E-state index is -0.253. The summed E-state index contributed by atoms with van der Waals surface area (Å²) in [7, 11) is 0. The number of hydrogen-bond donors (Lipinski definition) is 0. The van der Waals surface area contributed by atoms with Crippen LogP contribution >= 0.6 is 0 Å². The first-order valence-corrected chi connectivity index (χ1v) is 4.53. The van der Waals surface area contributed by atoms with Gasteiger partial charge in [0.15, 0.2) is 0 Å². The zero-order valence-corrected chi connectivity index (χ0v) is 7.37. The predicted molar refractivity (Wildman–Crippen MR) is 47.8 cm³/mol. The summed E-state index contributed by atoms with van der Waals surface area (Å²) in [5.74, 6) is 0.332. The number of halogens is 1. The van der Waals surface area contributed by atoms with E-state index in [1.165, 1.54) is 12.1 Å². The van der Waals surface area contributed by atoms with Crippen molar-refractivity contribution in [1.82, 2.24) is 5.06 Å². The summed E-state index contributed by atoms with van der Waals surface area (Å²) in [5, 5.41) is 1.87. The highest BCUT2D eigenvalue weighted by molar-refractivity contribution is 5.22. The average Bonchev–Trinajstić information content (AvgIpc) is 2.57. The molecule has 1 fully saturated rings. The minimum Gasteiger partial charge on any atom is -0.406 e. The van der Waals surface area contributed by atoms with E-state index in [1.807, 2.05) is 5.06 Å². The molecule has 0 bridgehead atoms. The van der Waals surface area contributed by atoms with Gasteiger partial charge in [-0.3, -0.25) is 0 Å². The van der Waals surface area contributed by atoms with Gasteiger partial charge in [0, 0.05) is 19.2 Å². The van der Waals surface area contributed by atoms with E-state index in [9.17, 15) is 4.39 Å². The Balaban J connectivity index is 2.00. The highest BCUT2D eigenvalue weighted by atomic mass is 19.1. The fourth-order valence-corrected chi connectivity index (χ4v) is 1.45. The Bertz CT molecular complexity index is 284. The fourth-order valence-electron chi connectivity index (χ4n) is 1.45. The van der Waals surface area contributed by atoms with E-state index in [-0.39, 0.29) is 5.82 Å². The first kappa shape index (κ1) is 8.51. The Labute approximate surface area is 76.9 Å². The monoisotopic (exact) mass is 181 g/mol. The van der Waals surface area contributed by atoms with Crippen LogP contribution in [0.15, 0.2) is 24.3 Å². The van der Waals surface area contributed by atoms with Gasteiger partial charge < -0.3 is 4.84 Å². The predicted octanol–water partition coefficient (Wildman–Crippen LogP) is 2.22. The quantitative estimate of drug-likeness (QED) is 0.693. The summed E-state index contributed by atoms with van der Waals surface area (Å²) in [5.41, 5.74) is 0. The third kappa shape index (κ3) is 2.18. The second-order valence-electron chi connectivity index (χ2n) is 3.18. The largest absolute Gasteiger partial charge is 0.406 e. The summed E-state index contributed by atoms with van der Waals surface area (Å²) in [6.07, 6.45) is 2.32. The number of rotatable bonds is 2. The molecule has 1 aromatic carbocycles. The second-order valence-corrected chi connectivity index (χ2v) is 3.18. The summed E-state index contributed by atoms with van der Waals surface area (Å²) < 4.78 is 12.7. The maximum Gasteiger partial charge on any atom is 0.150 e. The summed E-state index contributed by atoms with van der Waals surface area (Å²) in [4.78, 5) is 5.45. The maximum atomic E-state index is 12.7. The first-order valence-electron chi connectivity index (χ1n) is 4.53. The summed E-state index contributed by atoms with van der Waals surface area (Å²) in [6, 6.07) is 6.23. The van der Waals surface area contributed by atoms with E-state index >= 15 is 0 Å². The van der Waals surface area contributed by atoms with Gasteiger partial charge in [0.05, 0.1) is 0 Å². The topological polar surface area (TPSA) is 12.5 Å². The molecule has 1 aliphatic rings. The second kappa shape index (κ2) is 3.75. The first-order chi connectivity index (χ1) is 6.34. The van der Waals surface area contributed by atoms with Crippen LogP contribution in [0.2, 0.25) is 0 Å². The van der Waals surface area contributed by atoms with E-state index in [4.69, 9.17) is 4.84 Å². The molecule has 70 valence electrons. The SMILES string of the molecule is Fc1cccc(ON2CCCC2)c1. The van der Waals surface area contributed by atoms with Gasteiger partial charge in [-0.15, -0.1) is 5.06 Å². The molecule has 3 heteroatoms. The Morgan fingerprint density at radius 1 is 1.23 bits per heavy atom. The van der Waals surface area contributed by atoms with E-state index in [0.29, 0.717) is 5.75 Å². The fraction of sp³-hybridized carbons (Fsp3) is 0.400. The van der Waals surface area contributed by atoms with Crippen molar-refractivity contribution in [3.05, 3.63) is 30.1 Å². The number of hydroxylamine groups is 2. The van der Waals surface area contributed by atoms with Crippen LogP contribution in [0.3, 0.4) is 0 Å². The third-order valence-corrected chi connectivity index (χ3v) is 2.10. The molecule has 1 saturated heterocycles. The van der Waals surface area contributed by atoms with Crippen LogP contribution in [0, 0.1) is 5.82 Å². The molecule has 0 amide bonds. The Morgan fingerprint density at radius 3 is 2.69 bits per heavy atom. The Kier molecular flexibility index (Phi) is 2.45. The summed E-state index contributed by atoms with van der Waals surface area (Å²) in [6.45, 7) is 1.88.